The third-order valence-corrected chi connectivity index (χ3v) is 28.8. The molecule has 0 amide bonds. The lowest BCUT2D eigenvalue weighted by Crippen LogP contribution is -2.14. The van der Waals surface area contributed by atoms with Crippen LogP contribution in [0, 0.1) is 0 Å². The SMILES string of the molecule is CC1(C)c2ccccc2-c2cc3c4ccccc4n(-c4cccc(-c5cc(-c6ccccn6)ccc5C=Cc5cc(/C=C\c6ccc(-c7ccccn7)cc6-c6cccc(-n7c8ccccc8c8cc9c(cc87)C(C)(C)c7ccccc7-9)c6)cc(/C=C\c6ccc(-c7ccccn7)cc6-c6cccc(-n7c8ccccc8c8cc9c(cc87)C(C)(C)c7ccccc7-9)c6)c5)c4)c3cc21. The third-order valence-electron chi connectivity index (χ3n) is 28.8. The maximum absolute atomic E-state index is 4.93. The van der Waals surface area contributed by atoms with Crippen LogP contribution in [0.1, 0.15) is 108 Å². The molecule has 0 atom stereocenters. The van der Waals surface area contributed by atoms with Crippen molar-refractivity contribution in [2.24, 2.45) is 0 Å². The van der Waals surface area contributed by atoms with Crippen LogP contribution in [0.4, 0.5) is 0 Å². The van der Waals surface area contributed by atoms with Gasteiger partial charge in [-0.25, -0.2) is 0 Å². The van der Waals surface area contributed by atoms with Gasteiger partial charge in [0.15, 0.2) is 0 Å². The van der Waals surface area contributed by atoms with Crippen LogP contribution in [-0.2, 0) is 16.2 Å². The lowest BCUT2D eigenvalue weighted by molar-refractivity contribution is 0.661. The largest absolute Gasteiger partial charge is 0.309 e. The van der Waals surface area contributed by atoms with E-state index in [0.29, 0.717) is 0 Å². The second kappa shape index (κ2) is 30.4. The van der Waals surface area contributed by atoms with Crippen LogP contribution in [-0.4, -0.2) is 28.7 Å². The van der Waals surface area contributed by atoms with Gasteiger partial charge in [-0.1, -0.05) is 296 Å². The number of pyridine rings is 3. The lowest BCUT2D eigenvalue weighted by atomic mass is 9.82. The van der Waals surface area contributed by atoms with E-state index in [0.717, 1.165) is 118 Å². The smallest absolute Gasteiger partial charge is 0.0702 e. The van der Waals surface area contributed by atoms with Crippen molar-refractivity contribution < 1.29 is 0 Å². The fraction of sp³-hybridized carbons (Fsp3) is 0.0714. The summed E-state index contributed by atoms with van der Waals surface area (Å²) in [5.74, 6) is 0. The van der Waals surface area contributed by atoms with Crippen molar-refractivity contribution in [3.05, 3.63) is 468 Å². The maximum atomic E-state index is 4.93. The van der Waals surface area contributed by atoms with Gasteiger partial charge in [0.2, 0.25) is 0 Å². The molecule has 0 bridgehead atoms. The zero-order valence-electron chi connectivity index (χ0n) is 74.3. The molecule has 6 heterocycles. The number of aromatic nitrogens is 6. The van der Waals surface area contributed by atoms with Crippen molar-refractivity contribution >= 4 is 102 Å². The quantitative estimate of drug-likeness (QED) is 0.0961. The predicted octanol–water partition coefficient (Wildman–Crippen LogP) is 32.6. The Morgan fingerprint density at radius 3 is 0.780 bits per heavy atom. The number of nitrogens with zero attached hydrogens (tertiary/aromatic N) is 6. The summed E-state index contributed by atoms with van der Waals surface area (Å²) in [4.78, 5) is 14.8. The summed E-state index contributed by atoms with van der Waals surface area (Å²) >= 11 is 0. The van der Waals surface area contributed by atoms with E-state index in [4.69, 9.17) is 15.0 Å². The predicted molar refractivity (Wildman–Crippen MR) is 554 cm³/mol. The van der Waals surface area contributed by atoms with Gasteiger partial charge in [0.1, 0.15) is 0 Å². The first-order chi connectivity index (χ1) is 64.7. The van der Waals surface area contributed by atoms with Crippen molar-refractivity contribution in [1.29, 1.82) is 0 Å². The summed E-state index contributed by atoms with van der Waals surface area (Å²) < 4.78 is 7.45. The number of hydrogen-bond acceptors (Lipinski definition) is 3. The van der Waals surface area contributed by atoms with Gasteiger partial charge in [-0.05, 0) is 297 Å². The van der Waals surface area contributed by atoms with E-state index >= 15 is 0 Å². The van der Waals surface area contributed by atoms with Crippen LogP contribution in [0.5, 0.6) is 0 Å². The number of para-hydroxylation sites is 3. The van der Waals surface area contributed by atoms with E-state index in [-0.39, 0.29) is 16.2 Å². The van der Waals surface area contributed by atoms with Crippen molar-refractivity contribution in [3.8, 4) is 118 Å². The maximum Gasteiger partial charge on any atom is 0.0702 e. The molecule has 22 aromatic rings. The van der Waals surface area contributed by atoms with Crippen LogP contribution in [0.15, 0.2) is 401 Å². The Balaban J connectivity index is 0.641. The number of hydrogen-bond donors (Lipinski definition) is 0. The number of rotatable bonds is 15. The Morgan fingerprint density at radius 2 is 0.477 bits per heavy atom. The van der Waals surface area contributed by atoms with Crippen molar-refractivity contribution in [3.63, 3.8) is 0 Å². The normalized spacial score (nSPS) is 13.8. The molecule has 6 nitrogen and oxygen atoms in total. The fourth-order valence-corrected chi connectivity index (χ4v) is 22.2. The van der Waals surface area contributed by atoms with E-state index in [2.05, 4.69) is 456 Å². The van der Waals surface area contributed by atoms with E-state index in [9.17, 15) is 0 Å². The van der Waals surface area contributed by atoms with E-state index in [1.807, 2.05) is 36.8 Å². The van der Waals surface area contributed by atoms with Gasteiger partial charge in [-0.15, -0.1) is 0 Å². The van der Waals surface area contributed by atoms with E-state index < -0.39 is 0 Å². The summed E-state index contributed by atoms with van der Waals surface area (Å²) in [7, 11) is 0. The van der Waals surface area contributed by atoms with Crippen molar-refractivity contribution in [1.82, 2.24) is 28.7 Å². The van der Waals surface area contributed by atoms with E-state index in [1.165, 1.54) is 132 Å². The minimum absolute atomic E-state index is 0.173. The molecule has 16 aromatic carbocycles. The van der Waals surface area contributed by atoms with Crippen LogP contribution in [0.2, 0.25) is 0 Å². The highest BCUT2D eigenvalue weighted by Crippen LogP contribution is 2.56. The summed E-state index contributed by atoms with van der Waals surface area (Å²) in [6, 6.07) is 142. The third kappa shape index (κ3) is 12.6. The van der Waals surface area contributed by atoms with Crippen LogP contribution in [0.25, 0.3) is 219 Å². The molecule has 0 unspecified atom stereocenters. The van der Waals surface area contributed by atoms with Gasteiger partial charge in [-0.2, -0.15) is 0 Å². The summed E-state index contributed by atoms with van der Waals surface area (Å²) in [5.41, 5.74) is 44.6. The molecule has 0 radical (unpaired) electrons. The zero-order chi connectivity index (χ0) is 88.2. The summed E-state index contributed by atoms with van der Waals surface area (Å²) in [5, 5.41) is 7.42. The molecule has 0 N–H and O–H groups in total. The number of benzene rings is 16. The van der Waals surface area contributed by atoms with Gasteiger partial charge in [0.05, 0.1) is 50.2 Å². The number of fused-ring (bicyclic) bond motifs is 18. The Morgan fingerprint density at radius 1 is 0.189 bits per heavy atom. The molecular weight excluding hydrogens is 1600 g/mol. The highest BCUT2D eigenvalue weighted by Gasteiger charge is 2.40. The molecule has 624 valence electrons. The van der Waals surface area contributed by atoms with Crippen LogP contribution >= 0.6 is 0 Å². The summed E-state index contributed by atoms with van der Waals surface area (Å²) in [6.07, 6.45) is 19.5. The van der Waals surface area contributed by atoms with Gasteiger partial charge in [0.25, 0.3) is 0 Å². The molecule has 132 heavy (non-hydrogen) atoms. The monoisotopic (exact) mass is 1690 g/mol. The Labute approximate surface area is 768 Å². The first-order valence-corrected chi connectivity index (χ1v) is 45.9. The lowest BCUT2D eigenvalue weighted by Gasteiger charge is -2.21. The topological polar surface area (TPSA) is 53.5 Å². The molecule has 6 heteroatoms. The highest BCUT2D eigenvalue weighted by atomic mass is 15.0. The van der Waals surface area contributed by atoms with Gasteiger partial charge in [-0.3, -0.25) is 15.0 Å². The van der Waals surface area contributed by atoms with Gasteiger partial charge >= 0.3 is 0 Å². The Kier molecular flexibility index (Phi) is 17.9. The van der Waals surface area contributed by atoms with Gasteiger partial charge in [0, 0.05) is 101 Å². The average molecular weight is 1690 g/mol. The summed E-state index contributed by atoms with van der Waals surface area (Å²) in [6.45, 7) is 14.2. The first-order valence-electron chi connectivity index (χ1n) is 45.9. The van der Waals surface area contributed by atoms with Crippen molar-refractivity contribution in [2.45, 2.75) is 57.8 Å². The minimum atomic E-state index is -0.173. The molecule has 6 aromatic heterocycles. The molecule has 0 aliphatic heterocycles. The standard InChI is InChI=1S/C126H90N6/c1-124(2)109-40-13-7-34-94(109)103-73-106-97-37-10-16-46-118(97)130(121(106)76-112(103)124)91-31-25-28-85(67-91)100-70-88(115-43-19-22-61-127-115)58-55-82(100)52-49-79-64-80(50-53-83-56-59-89(116-44-20-23-62-128-116)71-101(83)86-29-26-32-92(68-86)131-119-47-17-11-38-98(119)107-74-104-95-35-8-14-41-110(95)125(3,4)113(104)77-122(107)131)66-81(65-79)51-54-84-57-60-90(117-45-21-24-63-129-117)72-102(84)87-30-27-33-93(69-87)132-120-48-18-12-39-99(120)108-75-105-96-36-9-15-42-111(96)126(5,6)114(105)78-123(108)132/h7-78H,1-6H3/b52-49-,53-50-,54-51?. The van der Waals surface area contributed by atoms with Crippen LogP contribution in [0.3, 0.4) is 0 Å². The van der Waals surface area contributed by atoms with Crippen LogP contribution < -0.4 is 0 Å². The Bertz CT molecular complexity index is 7850. The average Bonchev–Trinajstić information content (AvgIpc) is 1.56. The molecule has 0 saturated carbocycles. The molecular formula is C126H90N6. The fourth-order valence-electron chi connectivity index (χ4n) is 22.2. The highest BCUT2D eigenvalue weighted by molar-refractivity contribution is 6.15. The molecule has 0 spiro atoms. The molecule has 0 fully saturated rings. The van der Waals surface area contributed by atoms with Gasteiger partial charge < -0.3 is 13.7 Å². The Hall–Kier alpha value is -16.4. The van der Waals surface area contributed by atoms with Crippen molar-refractivity contribution in [2.75, 3.05) is 0 Å². The molecule has 25 rings (SSSR count). The second-order valence-electron chi connectivity index (χ2n) is 37.4. The second-order valence-corrected chi connectivity index (χ2v) is 37.4. The molecule has 3 aliphatic rings. The minimum Gasteiger partial charge on any atom is -0.309 e. The molecule has 0 saturated heterocycles. The van der Waals surface area contributed by atoms with E-state index in [1.54, 1.807) is 0 Å². The molecule has 3 aliphatic carbocycles. The zero-order valence-corrected chi connectivity index (χ0v) is 74.3. The first kappa shape index (κ1) is 77.9.